The zero-order chi connectivity index (χ0) is 12.9. The number of benzene rings is 1. The van der Waals surface area contributed by atoms with Crippen molar-refractivity contribution in [2.75, 3.05) is 10.6 Å². The predicted molar refractivity (Wildman–Crippen MR) is 66.0 cm³/mol. The van der Waals surface area contributed by atoms with Gasteiger partial charge in [-0.05, 0) is 37.5 Å². The van der Waals surface area contributed by atoms with Crippen LogP contribution in [0, 0.1) is 6.92 Å². The molecule has 1 aromatic rings. The van der Waals surface area contributed by atoms with E-state index in [4.69, 9.17) is 10.5 Å². The fourth-order valence-corrected chi connectivity index (χ4v) is 2.52. The molecule has 3 rings (SSSR count). The van der Waals surface area contributed by atoms with Gasteiger partial charge in [0.2, 0.25) is 0 Å². The molecular weight excluding hydrogens is 232 g/mol. The maximum atomic E-state index is 12.2. The summed E-state index contributed by atoms with van der Waals surface area (Å²) >= 11 is 0. The van der Waals surface area contributed by atoms with E-state index in [-0.39, 0.29) is 11.8 Å². The van der Waals surface area contributed by atoms with Gasteiger partial charge >= 0.3 is 0 Å². The van der Waals surface area contributed by atoms with Gasteiger partial charge in [0.1, 0.15) is 12.2 Å². The number of nitrogen functional groups attached to an aromatic ring is 1. The van der Waals surface area contributed by atoms with Crippen molar-refractivity contribution in [3.8, 4) is 0 Å². The largest absolute Gasteiger partial charge is 0.398 e. The second-order valence-electron chi connectivity index (χ2n) is 4.69. The number of rotatable bonds is 1. The number of anilines is 2. The maximum Gasteiger partial charge on any atom is 0.262 e. The lowest BCUT2D eigenvalue weighted by Gasteiger charge is -2.31. The Labute approximate surface area is 105 Å². The Hall–Kier alpha value is -1.88. The number of ether oxygens (including phenoxy) is 1. The number of carbonyl (C=O) groups is 2. The number of carbonyl (C=O) groups excluding carboxylic acids is 2. The smallest absolute Gasteiger partial charge is 0.262 e. The lowest BCUT2D eigenvalue weighted by molar-refractivity contribution is -0.146. The number of nitrogens with zero attached hydrogens (tertiary/aromatic N) is 1. The van der Waals surface area contributed by atoms with E-state index in [2.05, 4.69) is 0 Å². The molecule has 0 radical (unpaired) electrons. The maximum absolute atomic E-state index is 12.2. The summed E-state index contributed by atoms with van der Waals surface area (Å²) in [6, 6.07) is 5.24. The van der Waals surface area contributed by atoms with E-state index in [1.165, 1.54) is 4.90 Å². The molecule has 2 fully saturated rings. The Balaban J connectivity index is 2.08. The summed E-state index contributed by atoms with van der Waals surface area (Å²) in [6.07, 6.45) is 0.280. The van der Waals surface area contributed by atoms with Gasteiger partial charge in [0.05, 0.1) is 5.69 Å². The van der Waals surface area contributed by atoms with Gasteiger partial charge in [-0.2, -0.15) is 0 Å². The Morgan fingerprint density at radius 1 is 1.22 bits per heavy atom. The van der Waals surface area contributed by atoms with Gasteiger partial charge < -0.3 is 10.5 Å². The van der Waals surface area contributed by atoms with Crippen LogP contribution >= 0.6 is 0 Å². The van der Waals surface area contributed by atoms with Gasteiger partial charge in [-0.3, -0.25) is 9.59 Å². The van der Waals surface area contributed by atoms with E-state index in [0.717, 1.165) is 5.56 Å². The Morgan fingerprint density at radius 2 is 1.83 bits per heavy atom. The van der Waals surface area contributed by atoms with E-state index < -0.39 is 12.2 Å². The molecule has 18 heavy (non-hydrogen) atoms. The topological polar surface area (TPSA) is 72.6 Å². The second kappa shape index (κ2) is 3.81. The van der Waals surface area contributed by atoms with Gasteiger partial charge in [0.15, 0.2) is 0 Å². The third-order valence-corrected chi connectivity index (χ3v) is 3.60. The standard InChI is InChI=1S/C13H14N2O3/c1-7-8(14)3-2-4-9(7)15-12(16)10-5-6-11(18-10)13(15)17/h2-4,10-11H,5-6,14H2,1H3. The minimum absolute atomic E-state index is 0.276. The molecule has 2 aliphatic heterocycles. The molecule has 5 heteroatoms. The highest BCUT2D eigenvalue weighted by atomic mass is 16.5. The van der Waals surface area contributed by atoms with Crippen LogP contribution in [0.4, 0.5) is 11.4 Å². The first-order chi connectivity index (χ1) is 8.59. The number of amides is 2. The summed E-state index contributed by atoms with van der Waals surface area (Å²) in [5, 5.41) is 0. The Bertz CT molecular complexity index is 519. The number of nitrogens with two attached hydrogens (primary N) is 1. The van der Waals surface area contributed by atoms with E-state index in [9.17, 15) is 9.59 Å². The van der Waals surface area contributed by atoms with Gasteiger partial charge in [-0.15, -0.1) is 0 Å². The van der Waals surface area contributed by atoms with Crippen molar-refractivity contribution in [3.63, 3.8) is 0 Å². The van der Waals surface area contributed by atoms with Gasteiger partial charge in [-0.1, -0.05) is 6.07 Å². The zero-order valence-corrected chi connectivity index (χ0v) is 10.1. The van der Waals surface area contributed by atoms with E-state index in [1.54, 1.807) is 18.2 Å². The molecule has 0 saturated carbocycles. The molecule has 94 valence electrons. The van der Waals surface area contributed by atoms with Crippen LogP contribution in [-0.4, -0.2) is 24.0 Å². The molecule has 0 spiro atoms. The molecule has 0 aliphatic carbocycles. The summed E-state index contributed by atoms with van der Waals surface area (Å²) in [4.78, 5) is 25.6. The zero-order valence-electron chi connectivity index (χ0n) is 10.1. The van der Waals surface area contributed by atoms with Gasteiger partial charge in [-0.25, -0.2) is 4.90 Å². The van der Waals surface area contributed by atoms with E-state index in [1.807, 2.05) is 6.92 Å². The summed E-state index contributed by atoms with van der Waals surface area (Å²) in [7, 11) is 0. The van der Waals surface area contributed by atoms with Crippen LogP contribution in [0.3, 0.4) is 0 Å². The van der Waals surface area contributed by atoms with Crippen LogP contribution < -0.4 is 10.6 Å². The fourth-order valence-electron chi connectivity index (χ4n) is 2.52. The van der Waals surface area contributed by atoms with E-state index >= 15 is 0 Å². The molecular formula is C13H14N2O3. The summed E-state index contributed by atoms with van der Waals surface area (Å²) < 4.78 is 5.37. The van der Waals surface area contributed by atoms with Crippen LogP contribution in [0.25, 0.3) is 0 Å². The molecule has 1 aromatic carbocycles. The summed E-state index contributed by atoms with van der Waals surface area (Å²) in [5.74, 6) is -0.551. The predicted octanol–water partition coefficient (Wildman–Crippen LogP) is 0.998. The average Bonchev–Trinajstić information content (AvgIpc) is 2.79. The SMILES string of the molecule is Cc1c(N)cccc1N1C(=O)C2CCC(O2)C1=O. The van der Waals surface area contributed by atoms with E-state index in [0.29, 0.717) is 24.2 Å². The molecule has 2 amide bonds. The van der Waals surface area contributed by atoms with Crippen molar-refractivity contribution in [1.82, 2.24) is 0 Å². The van der Waals surface area contributed by atoms with Gasteiger partial charge in [0.25, 0.3) is 11.8 Å². The van der Waals surface area contributed by atoms with Crippen LogP contribution in [0.2, 0.25) is 0 Å². The fraction of sp³-hybridized carbons (Fsp3) is 0.385. The van der Waals surface area contributed by atoms with Crippen molar-refractivity contribution in [3.05, 3.63) is 23.8 Å². The minimum atomic E-state index is -0.478. The Morgan fingerprint density at radius 3 is 2.44 bits per heavy atom. The lowest BCUT2D eigenvalue weighted by Crippen LogP contribution is -2.52. The third-order valence-electron chi connectivity index (χ3n) is 3.60. The molecule has 2 saturated heterocycles. The normalized spacial score (nSPS) is 26.8. The first kappa shape index (κ1) is 11.2. The van der Waals surface area contributed by atoms with Gasteiger partial charge in [0, 0.05) is 5.69 Å². The highest BCUT2D eigenvalue weighted by Crippen LogP contribution is 2.34. The number of hydrogen-bond donors (Lipinski definition) is 1. The monoisotopic (exact) mass is 246 g/mol. The highest BCUT2D eigenvalue weighted by molar-refractivity contribution is 6.20. The van der Waals surface area contributed by atoms with Crippen molar-refractivity contribution >= 4 is 23.2 Å². The number of morpholine rings is 1. The number of hydrogen-bond acceptors (Lipinski definition) is 4. The van der Waals surface area contributed by atoms with Crippen LogP contribution in [0.15, 0.2) is 18.2 Å². The minimum Gasteiger partial charge on any atom is -0.398 e. The quantitative estimate of drug-likeness (QED) is 0.592. The van der Waals surface area contributed by atoms with Crippen molar-refractivity contribution in [1.29, 1.82) is 0 Å². The first-order valence-electron chi connectivity index (χ1n) is 5.98. The molecule has 0 aromatic heterocycles. The average molecular weight is 246 g/mol. The van der Waals surface area contributed by atoms with Crippen LogP contribution in [0.1, 0.15) is 18.4 Å². The van der Waals surface area contributed by atoms with Crippen molar-refractivity contribution in [2.45, 2.75) is 32.0 Å². The summed E-state index contributed by atoms with van der Waals surface area (Å²) in [5.41, 5.74) is 7.72. The molecule has 2 N–H and O–H groups in total. The molecule has 2 atom stereocenters. The lowest BCUT2D eigenvalue weighted by atomic mass is 10.1. The number of imide groups is 1. The molecule has 5 nitrogen and oxygen atoms in total. The highest BCUT2D eigenvalue weighted by Gasteiger charge is 2.47. The first-order valence-corrected chi connectivity index (χ1v) is 5.98. The Kier molecular flexibility index (Phi) is 2.38. The van der Waals surface area contributed by atoms with Crippen molar-refractivity contribution in [2.24, 2.45) is 0 Å². The molecule has 2 bridgehead atoms. The second-order valence-corrected chi connectivity index (χ2v) is 4.69. The van der Waals surface area contributed by atoms with Crippen LogP contribution in [0.5, 0.6) is 0 Å². The van der Waals surface area contributed by atoms with Crippen molar-refractivity contribution < 1.29 is 14.3 Å². The summed E-state index contributed by atoms with van der Waals surface area (Å²) in [6.45, 7) is 1.81. The molecule has 2 heterocycles. The van der Waals surface area contributed by atoms with Crippen LogP contribution in [-0.2, 0) is 14.3 Å². The third kappa shape index (κ3) is 1.44. The molecule has 2 unspecified atom stereocenters. The molecule has 2 aliphatic rings. The number of fused-ring (bicyclic) bond motifs is 2.